The summed E-state index contributed by atoms with van der Waals surface area (Å²) in [5, 5.41) is 14.4. The summed E-state index contributed by atoms with van der Waals surface area (Å²) in [5.41, 5.74) is 2.60. The molecule has 4 aromatic heterocycles. The van der Waals surface area contributed by atoms with Gasteiger partial charge in [0.15, 0.2) is 11.6 Å². The lowest BCUT2D eigenvalue weighted by Gasteiger charge is -2.11. The van der Waals surface area contributed by atoms with Crippen LogP contribution in [0.3, 0.4) is 0 Å². The predicted octanol–water partition coefficient (Wildman–Crippen LogP) is 2.53. The number of imidazole rings is 1. The van der Waals surface area contributed by atoms with Crippen molar-refractivity contribution in [1.29, 1.82) is 0 Å². The van der Waals surface area contributed by atoms with E-state index in [0.717, 1.165) is 23.4 Å². The lowest BCUT2D eigenvalue weighted by Crippen LogP contribution is -2.22. The third kappa shape index (κ3) is 2.75. The molecule has 0 saturated carbocycles. The van der Waals surface area contributed by atoms with Gasteiger partial charge in [0.2, 0.25) is 0 Å². The number of aryl methyl sites for hydroxylation is 2. The van der Waals surface area contributed by atoms with E-state index < -0.39 is 11.5 Å². The lowest BCUT2D eigenvalue weighted by atomic mass is 10.0. The number of benzene rings is 1. The molecule has 9 nitrogen and oxygen atoms in total. The summed E-state index contributed by atoms with van der Waals surface area (Å²) >= 11 is 0. The smallest absolute Gasteiger partial charge is 0.334 e. The molecule has 0 saturated heterocycles. The maximum absolute atomic E-state index is 14.7. The number of nitrogens with zero attached hydrogens (tertiary/aromatic N) is 6. The number of methoxy groups -OCH3 is 1. The summed E-state index contributed by atoms with van der Waals surface area (Å²) in [5.74, 6) is -0.768. The minimum Gasteiger partial charge on any atom is -0.506 e. The van der Waals surface area contributed by atoms with Crippen molar-refractivity contribution in [2.24, 2.45) is 14.1 Å². The number of ether oxygens (including phenoxy) is 1. The van der Waals surface area contributed by atoms with E-state index in [9.17, 15) is 14.3 Å². The van der Waals surface area contributed by atoms with Gasteiger partial charge in [0.25, 0.3) is 0 Å². The maximum atomic E-state index is 14.7. The average Bonchev–Trinajstić information content (AvgIpc) is 3.29. The Kier molecular flexibility index (Phi) is 4.04. The van der Waals surface area contributed by atoms with Crippen LogP contribution in [-0.2, 0) is 14.1 Å². The molecule has 10 heteroatoms. The molecule has 5 aromatic rings. The third-order valence-electron chi connectivity index (χ3n) is 5.24. The predicted molar refractivity (Wildman–Crippen MR) is 112 cm³/mol. The highest BCUT2D eigenvalue weighted by Crippen LogP contribution is 2.36. The molecule has 0 radical (unpaired) electrons. The highest BCUT2D eigenvalue weighted by atomic mass is 19.1. The molecule has 0 aliphatic heterocycles. The molecule has 0 aliphatic rings. The summed E-state index contributed by atoms with van der Waals surface area (Å²) in [4.78, 5) is 21.5. The normalized spacial score (nSPS) is 11.5. The third-order valence-corrected chi connectivity index (χ3v) is 5.24. The first-order valence-corrected chi connectivity index (χ1v) is 9.31. The average molecular weight is 420 g/mol. The van der Waals surface area contributed by atoms with Gasteiger partial charge in [-0.1, -0.05) is 0 Å². The van der Waals surface area contributed by atoms with E-state index in [1.165, 1.54) is 9.13 Å². The molecule has 5 rings (SSSR count). The molecule has 4 heterocycles. The second kappa shape index (κ2) is 6.66. The molecule has 31 heavy (non-hydrogen) atoms. The van der Waals surface area contributed by atoms with Gasteiger partial charge in [0.05, 0.1) is 42.3 Å². The summed E-state index contributed by atoms with van der Waals surface area (Å²) in [6, 6.07) is 4.52. The topological polar surface area (TPSA) is 100.0 Å². The second-order valence-electron chi connectivity index (χ2n) is 7.14. The molecule has 0 unspecified atom stereocenters. The van der Waals surface area contributed by atoms with Crippen LogP contribution in [0.15, 0.2) is 47.8 Å². The summed E-state index contributed by atoms with van der Waals surface area (Å²) in [7, 11) is 4.96. The molecule has 0 fully saturated rings. The number of halogens is 1. The van der Waals surface area contributed by atoms with Gasteiger partial charge in [-0.05, 0) is 6.07 Å². The van der Waals surface area contributed by atoms with Crippen LogP contribution < -0.4 is 10.4 Å². The second-order valence-corrected chi connectivity index (χ2v) is 7.14. The Morgan fingerprint density at radius 1 is 1.10 bits per heavy atom. The number of pyridine rings is 2. The van der Waals surface area contributed by atoms with Gasteiger partial charge in [-0.3, -0.25) is 14.2 Å². The number of hydrogen-bond donors (Lipinski definition) is 1. The van der Waals surface area contributed by atoms with E-state index >= 15 is 0 Å². The molecular weight excluding hydrogens is 403 g/mol. The fourth-order valence-corrected chi connectivity index (χ4v) is 3.76. The van der Waals surface area contributed by atoms with Gasteiger partial charge in [-0.25, -0.2) is 18.7 Å². The Hall–Kier alpha value is -4.21. The zero-order valence-corrected chi connectivity index (χ0v) is 16.9. The molecule has 0 atom stereocenters. The lowest BCUT2D eigenvalue weighted by molar-refractivity contribution is 0.417. The largest absolute Gasteiger partial charge is 0.506 e. The van der Waals surface area contributed by atoms with Crippen LogP contribution in [0, 0.1) is 5.82 Å². The Bertz CT molecular complexity index is 1550. The highest BCUT2D eigenvalue weighted by Gasteiger charge is 2.21. The Balaban J connectivity index is 1.94. The van der Waals surface area contributed by atoms with Crippen molar-refractivity contribution in [3.63, 3.8) is 0 Å². The van der Waals surface area contributed by atoms with Crippen LogP contribution in [0.5, 0.6) is 11.5 Å². The zero-order valence-electron chi connectivity index (χ0n) is 16.9. The Morgan fingerprint density at radius 2 is 1.90 bits per heavy atom. The fourth-order valence-electron chi connectivity index (χ4n) is 3.76. The Labute approximate surface area is 174 Å². The first-order valence-electron chi connectivity index (χ1n) is 9.31. The van der Waals surface area contributed by atoms with Crippen molar-refractivity contribution in [3.8, 4) is 28.4 Å². The van der Waals surface area contributed by atoms with E-state index in [-0.39, 0.29) is 11.6 Å². The van der Waals surface area contributed by atoms with Crippen molar-refractivity contribution < 1.29 is 14.2 Å². The van der Waals surface area contributed by atoms with Crippen LogP contribution in [0.4, 0.5) is 4.39 Å². The molecule has 0 amide bonds. The van der Waals surface area contributed by atoms with Crippen molar-refractivity contribution in [2.45, 2.75) is 0 Å². The summed E-state index contributed by atoms with van der Waals surface area (Å²) < 4.78 is 24.5. The van der Waals surface area contributed by atoms with E-state index in [2.05, 4.69) is 15.1 Å². The molecular formula is C21H17FN6O3. The van der Waals surface area contributed by atoms with Crippen LogP contribution in [-0.4, -0.2) is 41.1 Å². The van der Waals surface area contributed by atoms with Crippen LogP contribution in [0.2, 0.25) is 0 Å². The highest BCUT2D eigenvalue weighted by molar-refractivity contribution is 6.05. The SMILES string of the molecule is COc1cc2ncc3c(c2cc1-c1cnn(C)c1)n(-c1ncc(O)cc1F)c(=O)n3C. The summed E-state index contributed by atoms with van der Waals surface area (Å²) in [6.07, 6.45) is 6.20. The minimum atomic E-state index is -0.819. The molecule has 1 N–H and O–H groups in total. The van der Waals surface area contributed by atoms with E-state index in [0.29, 0.717) is 27.7 Å². The van der Waals surface area contributed by atoms with E-state index in [4.69, 9.17) is 4.74 Å². The monoisotopic (exact) mass is 420 g/mol. The van der Waals surface area contributed by atoms with Gasteiger partial charge >= 0.3 is 5.69 Å². The first kappa shape index (κ1) is 18.8. The molecule has 1 aromatic carbocycles. The van der Waals surface area contributed by atoms with Crippen molar-refractivity contribution >= 4 is 21.9 Å². The number of aromatic hydroxyl groups is 1. The molecule has 156 valence electrons. The van der Waals surface area contributed by atoms with Gasteiger partial charge in [0.1, 0.15) is 11.5 Å². The minimum absolute atomic E-state index is 0.209. The number of aromatic nitrogens is 6. The fraction of sp³-hybridized carbons (Fsp3) is 0.143. The van der Waals surface area contributed by atoms with Crippen molar-refractivity contribution in [3.05, 3.63) is 59.3 Å². The van der Waals surface area contributed by atoms with Crippen LogP contribution in [0.25, 0.3) is 38.9 Å². The molecule has 0 spiro atoms. The Morgan fingerprint density at radius 3 is 2.58 bits per heavy atom. The van der Waals surface area contributed by atoms with Gasteiger partial charge in [-0.15, -0.1) is 0 Å². The van der Waals surface area contributed by atoms with Gasteiger partial charge in [0, 0.05) is 48.9 Å². The van der Waals surface area contributed by atoms with E-state index in [1.54, 1.807) is 37.3 Å². The number of hydrogen-bond acceptors (Lipinski definition) is 6. The van der Waals surface area contributed by atoms with Crippen molar-refractivity contribution in [2.75, 3.05) is 7.11 Å². The van der Waals surface area contributed by atoms with Gasteiger partial charge in [-0.2, -0.15) is 5.10 Å². The summed E-state index contributed by atoms with van der Waals surface area (Å²) in [6.45, 7) is 0. The quantitative estimate of drug-likeness (QED) is 0.482. The molecule has 0 aliphatic carbocycles. The van der Waals surface area contributed by atoms with E-state index in [1.807, 2.05) is 19.3 Å². The van der Waals surface area contributed by atoms with Gasteiger partial charge < -0.3 is 9.84 Å². The van der Waals surface area contributed by atoms with Crippen LogP contribution in [0.1, 0.15) is 0 Å². The van der Waals surface area contributed by atoms with Crippen LogP contribution >= 0.6 is 0 Å². The first-order chi connectivity index (χ1) is 14.9. The van der Waals surface area contributed by atoms with Crippen molar-refractivity contribution in [1.82, 2.24) is 28.9 Å². The standard InChI is InChI=1S/C21H17FN6O3/c1-26-10-11(7-25-26)13-5-14-16(6-18(13)31-3)23-9-17-19(14)28(21(30)27(17)2)20-15(22)4-12(29)8-24-20/h4-10,29H,1-3H3. The number of rotatable bonds is 3. The zero-order chi connectivity index (χ0) is 21.9. The number of fused-ring (bicyclic) bond motifs is 3. The maximum Gasteiger partial charge on any atom is 0.334 e. The molecule has 0 bridgehead atoms.